The maximum atomic E-state index is 5.85. The number of furan rings is 1. The molecule has 0 saturated heterocycles. The molecule has 1 aromatic carbocycles. The van der Waals surface area contributed by atoms with Crippen molar-refractivity contribution in [2.24, 2.45) is 4.99 Å². The predicted molar refractivity (Wildman–Crippen MR) is 134 cm³/mol. The van der Waals surface area contributed by atoms with Crippen molar-refractivity contribution in [1.29, 1.82) is 0 Å². The molecule has 0 spiro atoms. The van der Waals surface area contributed by atoms with Crippen LogP contribution in [0.4, 0.5) is 0 Å². The fourth-order valence-electron chi connectivity index (χ4n) is 2.97. The molecule has 0 fully saturated rings. The molecule has 0 aliphatic carbocycles. The van der Waals surface area contributed by atoms with Crippen molar-refractivity contribution in [2.45, 2.75) is 26.4 Å². The summed E-state index contributed by atoms with van der Waals surface area (Å²) in [6, 6.07) is 11.3. The van der Waals surface area contributed by atoms with Crippen molar-refractivity contribution in [2.75, 3.05) is 33.9 Å². The summed E-state index contributed by atoms with van der Waals surface area (Å²) in [4.78, 5) is 6.74. The molecule has 32 heavy (non-hydrogen) atoms. The van der Waals surface area contributed by atoms with Crippen molar-refractivity contribution < 1.29 is 13.9 Å². The number of nitrogens with one attached hydrogen (secondary N) is 1. The van der Waals surface area contributed by atoms with Gasteiger partial charge in [0, 0.05) is 26.6 Å². The zero-order valence-electron chi connectivity index (χ0n) is 18.7. The summed E-state index contributed by atoms with van der Waals surface area (Å²) < 4.78 is 18.5. The zero-order chi connectivity index (χ0) is 21.9. The topological polar surface area (TPSA) is 89.9 Å². The lowest BCUT2D eigenvalue weighted by Crippen LogP contribution is -2.42. The van der Waals surface area contributed by atoms with Gasteiger partial charge in [-0.2, -0.15) is 0 Å². The number of likely N-dealkylation sites (N-methyl/N-ethyl adjacent to an activating group) is 1. The Labute approximate surface area is 205 Å². The molecule has 3 rings (SSSR count). The molecule has 2 heterocycles. The molecule has 0 aliphatic rings. The minimum absolute atomic E-state index is 0. The first-order valence-corrected chi connectivity index (χ1v) is 10.3. The van der Waals surface area contributed by atoms with E-state index in [0.29, 0.717) is 26.2 Å². The first-order chi connectivity index (χ1) is 15.2. The maximum absolute atomic E-state index is 5.85. The number of rotatable bonds is 11. The first kappa shape index (κ1) is 25.5. The van der Waals surface area contributed by atoms with E-state index >= 15 is 0 Å². The highest BCUT2D eigenvalue weighted by Gasteiger charge is 2.09. The van der Waals surface area contributed by atoms with Gasteiger partial charge in [-0.15, -0.1) is 34.2 Å². The minimum atomic E-state index is 0. The fourth-order valence-corrected chi connectivity index (χ4v) is 2.97. The summed E-state index contributed by atoms with van der Waals surface area (Å²) in [7, 11) is 3.63. The summed E-state index contributed by atoms with van der Waals surface area (Å²) in [5.41, 5.74) is 0. The molecule has 9 nitrogen and oxygen atoms in total. The van der Waals surface area contributed by atoms with Crippen LogP contribution in [0.5, 0.6) is 11.5 Å². The average molecular weight is 554 g/mol. The lowest BCUT2D eigenvalue weighted by Gasteiger charge is -2.23. The van der Waals surface area contributed by atoms with E-state index in [1.165, 1.54) is 0 Å². The van der Waals surface area contributed by atoms with Crippen LogP contribution in [0.15, 0.2) is 58.4 Å². The summed E-state index contributed by atoms with van der Waals surface area (Å²) >= 11 is 0. The summed E-state index contributed by atoms with van der Waals surface area (Å²) in [6.45, 7) is 5.18. The molecule has 0 bridgehead atoms. The largest absolute Gasteiger partial charge is 0.497 e. The number of nitrogens with zero attached hydrogens (tertiary/aromatic N) is 5. The third kappa shape index (κ3) is 7.74. The van der Waals surface area contributed by atoms with Crippen molar-refractivity contribution in [3.63, 3.8) is 0 Å². The van der Waals surface area contributed by atoms with E-state index in [0.717, 1.165) is 42.0 Å². The van der Waals surface area contributed by atoms with Crippen molar-refractivity contribution >= 4 is 29.9 Å². The Morgan fingerprint density at radius 1 is 1.22 bits per heavy atom. The lowest BCUT2D eigenvalue weighted by atomic mass is 10.3. The van der Waals surface area contributed by atoms with Gasteiger partial charge in [-0.25, -0.2) is 4.99 Å². The highest BCUT2D eigenvalue weighted by atomic mass is 127. The van der Waals surface area contributed by atoms with Gasteiger partial charge in [0.1, 0.15) is 42.6 Å². The summed E-state index contributed by atoms with van der Waals surface area (Å²) in [6.07, 6.45) is 4.26. The van der Waals surface area contributed by atoms with Gasteiger partial charge in [-0.1, -0.05) is 6.92 Å². The van der Waals surface area contributed by atoms with Crippen LogP contribution < -0.4 is 14.8 Å². The Kier molecular flexibility index (Phi) is 10.8. The predicted octanol–water partition coefficient (Wildman–Crippen LogP) is 3.22. The number of aryl methyl sites for hydroxylation is 1. The highest BCUT2D eigenvalue weighted by molar-refractivity contribution is 14.0. The zero-order valence-corrected chi connectivity index (χ0v) is 21.1. The number of benzene rings is 1. The molecule has 1 N–H and O–H groups in total. The smallest absolute Gasteiger partial charge is 0.194 e. The second-order valence-corrected chi connectivity index (χ2v) is 6.89. The molecule has 0 aliphatic heterocycles. The van der Waals surface area contributed by atoms with Crippen LogP contribution in [0.2, 0.25) is 0 Å². The van der Waals surface area contributed by atoms with Gasteiger partial charge in [0.05, 0.1) is 19.9 Å². The van der Waals surface area contributed by atoms with Gasteiger partial charge < -0.3 is 28.7 Å². The Balaban J connectivity index is 0.00000363. The Hall–Kier alpha value is -2.76. The molecule has 2 aromatic heterocycles. The average Bonchev–Trinajstić information content (AvgIpc) is 3.48. The number of ether oxygens (including phenoxy) is 2. The second kappa shape index (κ2) is 13.6. The normalized spacial score (nSPS) is 11.0. The Morgan fingerprint density at radius 3 is 2.69 bits per heavy atom. The fraction of sp³-hybridized carbons (Fsp3) is 0.409. The van der Waals surface area contributed by atoms with Gasteiger partial charge in [0.15, 0.2) is 5.96 Å². The van der Waals surface area contributed by atoms with Crippen LogP contribution in [0.1, 0.15) is 18.5 Å². The standard InChI is InChI=1S/C22H30N6O3.HI/c1-4-21-26-25-17-28(21)12-11-23-22(24-16-20-6-5-14-30-20)27(2)13-15-31-19-9-7-18(29-3)8-10-19;/h5-10,14,17H,4,11-13,15-16H2,1-3H3,(H,23,24);1H. The number of halogens is 1. The van der Waals surface area contributed by atoms with Crippen LogP contribution in [-0.2, 0) is 19.5 Å². The third-order valence-corrected chi connectivity index (χ3v) is 4.73. The number of hydrogen-bond acceptors (Lipinski definition) is 6. The molecule has 0 saturated carbocycles. The number of aliphatic imine (C=N–C) groups is 1. The van der Waals surface area contributed by atoms with E-state index in [4.69, 9.17) is 18.9 Å². The number of guanidine groups is 1. The lowest BCUT2D eigenvalue weighted by molar-refractivity contribution is 0.280. The molecule has 3 aromatic rings. The summed E-state index contributed by atoms with van der Waals surface area (Å²) in [5, 5.41) is 11.5. The quantitative estimate of drug-likeness (QED) is 0.221. The molecule has 0 unspecified atom stereocenters. The Bertz CT molecular complexity index is 928. The first-order valence-electron chi connectivity index (χ1n) is 10.3. The minimum Gasteiger partial charge on any atom is -0.497 e. The molecule has 174 valence electrons. The van der Waals surface area contributed by atoms with Gasteiger partial charge in [-0.3, -0.25) is 0 Å². The van der Waals surface area contributed by atoms with Crippen LogP contribution in [-0.4, -0.2) is 59.5 Å². The summed E-state index contributed by atoms with van der Waals surface area (Å²) in [5.74, 6) is 4.17. The molecule has 0 amide bonds. The van der Waals surface area contributed by atoms with Crippen LogP contribution in [0.25, 0.3) is 0 Å². The number of methoxy groups -OCH3 is 1. The van der Waals surface area contributed by atoms with E-state index in [-0.39, 0.29) is 24.0 Å². The monoisotopic (exact) mass is 554 g/mol. The van der Waals surface area contributed by atoms with Crippen LogP contribution in [0.3, 0.4) is 0 Å². The van der Waals surface area contributed by atoms with E-state index in [1.54, 1.807) is 19.7 Å². The van der Waals surface area contributed by atoms with E-state index in [9.17, 15) is 0 Å². The van der Waals surface area contributed by atoms with Crippen molar-refractivity contribution in [1.82, 2.24) is 25.0 Å². The molecular formula is C22H31IN6O3. The van der Waals surface area contributed by atoms with Crippen LogP contribution in [0, 0.1) is 0 Å². The molecular weight excluding hydrogens is 523 g/mol. The van der Waals surface area contributed by atoms with E-state index in [2.05, 4.69) is 22.4 Å². The van der Waals surface area contributed by atoms with E-state index in [1.807, 2.05) is 52.9 Å². The Morgan fingerprint density at radius 2 is 2.00 bits per heavy atom. The molecule has 10 heteroatoms. The van der Waals surface area contributed by atoms with Gasteiger partial charge >= 0.3 is 0 Å². The van der Waals surface area contributed by atoms with Crippen LogP contribution >= 0.6 is 24.0 Å². The maximum Gasteiger partial charge on any atom is 0.194 e. The molecule has 0 atom stereocenters. The number of aromatic nitrogens is 3. The van der Waals surface area contributed by atoms with E-state index < -0.39 is 0 Å². The highest BCUT2D eigenvalue weighted by Crippen LogP contribution is 2.16. The second-order valence-electron chi connectivity index (χ2n) is 6.89. The SMILES string of the molecule is CCc1nncn1CCNC(=NCc1ccco1)N(C)CCOc1ccc(OC)cc1.I. The van der Waals surface area contributed by atoms with Crippen molar-refractivity contribution in [3.8, 4) is 11.5 Å². The van der Waals surface area contributed by atoms with Gasteiger partial charge in [0.25, 0.3) is 0 Å². The van der Waals surface area contributed by atoms with Gasteiger partial charge in [-0.05, 0) is 36.4 Å². The third-order valence-electron chi connectivity index (χ3n) is 4.73. The van der Waals surface area contributed by atoms with Gasteiger partial charge in [0.2, 0.25) is 0 Å². The molecule has 0 radical (unpaired) electrons. The van der Waals surface area contributed by atoms with Crippen molar-refractivity contribution in [3.05, 3.63) is 60.6 Å². The number of hydrogen-bond donors (Lipinski definition) is 1.